The summed E-state index contributed by atoms with van der Waals surface area (Å²) in [5.41, 5.74) is -1.00. The first-order chi connectivity index (χ1) is 18.2. The summed E-state index contributed by atoms with van der Waals surface area (Å²) in [5.74, 6) is 0.517. The van der Waals surface area contributed by atoms with Crippen molar-refractivity contribution in [3.8, 4) is 5.75 Å². The van der Waals surface area contributed by atoms with E-state index in [1.807, 2.05) is 51.0 Å². The molecule has 1 atom stereocenters. The molecule has 216 valence electrons. The normalized spacial score (nSPS) is 15.3. The summed E-state index contributed by atoms with van der Waals surface area (Å²) in [6, 6.07) is 8.21. The lowest BCUT2D eigenvalue weighted by molar-refractivity contribution is -0.138. The van der Waals surface area contributed by atoms with Crippen LogP contribution in [0, 0.1) is 5.92 Å². The van der Waals surface area contributed by atoms with E-state index in [0.29, 0.717) is 36.6 Å². The second-order valence-electron chi connectivity index (χ2n) is 10.3. The van der Waals surface area contributed by atoms with Crippen LogP contribution in [0.15, 0.2) is 40.0 Å². The third-order valence-electron chi connectivity index (χ3n) is 6.49. The highest BCUT2D eigenvalue weighted by Gasteiger charge is 2.45. The molecule has 1 aliphatic carbocycles. The number of hydrogen-bond acceptors (Lipinski definition) is 9. The monoisotopic (exact) mass is 581 g/mol. The Kier molecular flexibility index (Phi) is 13.2. The quantitative estimate of drug-likeness (QED) is 0.144. The number of amides is 2. The summed E-state index contributed by atoms with van der Waals surface area (Å²) in [4.78, 5) is 42.9. The van der Waals surface area contributed by atoms with Gasteiger partial charge in [0.25, 0.3) is 17.0 Å². The number of hydrogen-bond donors (Lipinski definition) is 1. The zero-order chi connectivity index (χ0) is 27.5. The third-order valence-corrected chi connectivity index (χ3v) is 7.29. The van der Waals surface area contributed by atoms with Crippen LogP contribution in [0.25, 0.3) is 0 Å². The summed E-state index contributed by atoms with van der Waals surface area (Å²) in [7, 11) is 3.95. The Morgan fingerprint density at radius 1 is 1.15 bits per heavy atom. The van der Waals surface area contributed by atoms with Crippen LogP contribution in [0.4, 0.5) is 0 Å². The molecule has 2 aromatic rings. The lowest BCUT2D eigenvalue weighted by atomic mass is 9.85. The minimum absolute atomic E-state index is 0. The van der Waals surface area contributed by atoms with E-state index in [1.165, 1.54) is 16.7 Å². The number of rotatable bonds is 15. The number of Topliss-reactive ketones (excluding diaryl/α,β-unsaturated/α-hetero) is 1. The van der Waals surface area contributed by atoms with Crippen LogP contribution in [0.1, 0.15) is 63.1 Å². The Labute approximate surface area is 241 Å². The topological polar surface area (TPSA) is 118 Å². The van der Waals surface area contributed by atoms with Gasteiger partial charge in [0.2, 0.25) is 12.2 Å². The van der Waals surface area contributed by atoms with E-state index in [2.05, 4.69) is 15.5 Å². The highest BCUT2D eigenvalue weighted by molar-refractivity contribution is 7.99. The zero-order valence-corrected chi connectivity index (χ0v) is 24.8. The fourth-order valence-electron chi connectivity index (χ4n) is 4.64. The van der Waals surface area contributed by atoms with Crippen molar-refractivity contribution < 1.29 is 23.5 Å². The number of carbonyl (C=O) groups excluding carboxylic acids is 3. The largest absolute Gasteiger partial charge is 0.484 e. The minimum atomic E-state index is -1.00. The van der Waals surface area contributed by atoms with Gasteiger partial charge in [0.1, 0.15) is 17.5 Å². The lowest BCUT2D eigenvalue weighted by Gasteiger charge is -2.48. The van der Waals surface area contributed by atoms with Gasteiger partial charge in [0, 0.05) is 12.3 Å². The Hall–Kier alpha value is -2.63. The van der Waals surface area contributed by atoms with Crippen molar-refractivity contribution in [3.05, 3.63) is 36.2 Å². The van der Waals surface area contributed by atoms with Gasteiger partial charge in [-0.3, -0.25) is 14.4 Å². The van der Waals surface area contributed by atoms with Crippen LogP contribution in [0.3, 0.4) is 0 Å². The molecular weight excluding hydrogens is 542 g/mol. The molecule has 1 aromatic heterocycles. The second-order valence-corrected chi connectivity index (χ2v) is 11.3. The lowest BCUT2D eigenvalue weighted by Crippen LogP contribution is -2.65. The number of ether oxygens (including phenoxy) is 1. The average molecular weight is 582 g/mol. The zero-order valence-electron chi connectivity index (χ0n) is 23.1. The summed E-state index contributed by atoms with van der Waals surface area (Å²) in [6.07, 6.45) is 4.78. The number of para-hydroxylation sites is 1. The first-order valence-electron chi connectivity index (χ1n) is 13.1. The molecule has 1 unspecified atom stereocenters. The molecule has 1 heterocycles. The van der Waals surface area contributed by atoms with Crippen LogP contribution < -0.4 is 10.1 Å². The second kappa shape index (κ2) is 15.8. The van der Waals surface area contributed by atoms with Crippen molar-refractivity contribution in [1.29, 1.82) is 0 Å². The number of aromatic nitrogens is 2. The van der Waals surface area contributed by atoms with Crippen molar-refractivity contribution in [2.24, 2.45) is 5.92 Å². The maximum absolute atomic E-state index is 13.7. The molecule has 12 heteroatoms. The van der Waals surface area contributed by atoms with E-state index >= 15 is 0 Å². The highest BCUT2D eigenvalue weighted by atomic mass is 35.5. The molecule has 2 amide bonds. The Balaban J connectivity index is 0.00000533. The maximum atomic E-state index is 13.7. The molecule has 10 nitrogen and oxygen atoms in total. The van der Waals surface area contributed by atoms with Crippen molar-refractivity contribution in [1.82, 2.24) is 25.3 Å². The van der Waals surface area contributed by atoms with E-state index < -0.39 is 17.5 Å². The van der Waals surface area contributed by atoms with Gasteiger partial charge in [-0.25, -0.2) is 0 Å². The van der Waals surface area contributed by atoms with Gasteiger partial charge < -0.3 is 24.3 Å². The molecule has 1 aromatic carbocycles. The summed E-state index contributed by atoms with van der Waals surface area (Å²) >= 11 is 1.38. The maximum Gasteiger partial charge on any atom is 0.286 e. The molecule has 1 aliphatic rings. The smallest absolute Gasteiger partial charge is 0.286 e. The first-order valence-corrected chi connectivity index (χ1v) is 14.1. The van der Waals surface area contributed by atoms with E-state index in [4.69, 9.17) is 9.15 Å². The molecule has 0 saturated heterocycles. The predicted molar refractivity (Wildman–Crippen MR) is 152 cm³/mol. The molecule has 39 heavy (non-hydrogen) atoms. The van der Waals surface area contributed by atoms with Crippen LogP contribution in [-0.4, -0.2) is 82.8 Å². The fourth-order valence-corrected chi connectivity index (χ4v) is 5.50. The van der Waals surface area contributed by atoms with Gasteiger partial charge in [-0.15, -0.1) is 22.6 Å². The van der Waals surface area contributed by atoms with Crippen molar-refractivity contribution in [2.75, 3.05) is 33.0 Å². The van der Waals surface area contributed by atoms with Crippen LogP contribution in [0.5, 0.6) is 5.75 Å². The molecule has 3 rings (SSSR count). The van der Waals surface area contributed by atoms with Crippen LogP contribution in [-0.2, 0) is 9.59 Å². The van der Waals surface area contributed by atoms with E-state index in [1.54, 1.807) is 12.1 Å². The molecule has 0 radical (unpaired) electrons. The number of thioether (sulfide) groups is 1. The van der Waals surface area contributed by atoms with E-state index in [-0.39, 0.29) is 36.7 Å². The molecule has 1 saturated carbocycles. The number of carbonyl (C=O) groups is 3. The average Bonchev–Trinajstić information content (AvgIpc) is 3.36. The van der Waals surface area contributed by atoms with Crippen molar-refractivity contribution in [3.63, 3.8) is 0 Å². The number of halogens is 1. The fraction of sp³-hybridized carbons (Fsp3) is 0.593. The summed E-state index contributed by atoms with van der Waals surface area (Å²) in [5, 5.41) is 11.4. The van der Waals surface area contributed by atoms with Crippen molar-refractivity contribution >= 4 is 42.3 Å². The molecular formula is C27H40ClN5O5S. The van der Waals surface area contributed by atoms with Gasteiger partial charge in [-0.1, -0.05) is 50.2 Å². The van der Waals surface area contributed by atoms with Crippen LogP contribution in [0.2, 0.25) is 0 Å². The number of nitrogens with zero attached hydrogens (tertiary/aromatic N) is 4. The van der Waals surface area contributed by atoms with E-state index in [9.17, 15) is 14.4 Å². The van der Waals surface area contributed by atoms with E-state index in [0.717, 1.165) is 31.6 Å². The molecule has 0 aliphatic heterocycles. The SMILES string of the molecule is CC(C)CC(C(=O)c1nnc(SCCN(C)C)o1)N(C=O)C1(NC(=O)COc2ccccc2)CCCCC1.Cl. The Morgan fingerprint density at radius 3 is 2.46 bits per heavy atom. The van der Waals surface area contributed by atoms with Gasteiger partial charge in [-0.2, -0.15) is 0 Å². The third kappa shape index (κ3) is 9.51. The van der Waals surface area contributed by atoms with Crippen molar-refractivity contribution in [2.45, 2.75) is 69.3 Å². The van der Waals surface area contributed by atoms with Gasteiger partial charge in [-0.05, 0) is 64.3 Å². The van der Waals surface area contributed by atoms with Crippen LogP contribution >= 0.6 is 24.2 Å². The molecule has 1 fully saturated rings. The number of nitrogens with one attached hydrogen (secondary N) is 1. The summed E-state index contributed by atoms with van der Waals surface area (Å²) < 4.78 is 11.3. The molecule has 0 spiro atoms. The first kappa shape index (κ1) is 32.6. The van der Waals surface area contributed by atoms with Gasteiger partial charge in [0.05, 0.1) is 0 Å². The Bertz CT molecular complexity index is 1050. The summed E-state index contributed by atoms with van der Waals surface area (Å²) in [6.45, 7) is 4.60. The molecule has 1 N–H and O–H groups in total. The minimum Gasteiger partial charge on any atom is -0.484 e. The number of ketones is 1. The Morgan fingerprint density at radius 2 is 1.85 bits per heavy atom. The van der Waals surface area contributed by atoms with Gasteiger partial charge in [0.15, 0.2) is 6.61 Å². The number of benzene rings is 1. The van der Waals surface area contributed by atoms with Gasteiger partial charge >= 0.3 is 0 Å². The standard InChI is InChI=1S/C27H39N5O5S.ClH/c1-20(2)17-22(24(35)25-29-30-26(37-25)38-16-15-31(3)4)32(19-33)27(13-9-6-10-14-27)28-23(34)18-36-21-11-7-5-8-12-21;/h5,7-8,11-12,19-20,22H,6,9-10,13-18H2,1-4H3,(H,28,34);1H. The predicted octanol–water partition coefficient (Wildman–Crippen LogP) is 4.06. The highest BCUT2D eigenvalue weighted by Crippen LogP contribution is 2.34. The molecule has 0 bridgehead atoms.